The van der Waals surface area contributed by atoms with Crippen molar-refractivity contribution >= 4 is 28.9 Å². The van der Waals surface area contributed by atoms with Crippen molar-refractivity contribution in [2.75, 3.05) is 26.7 Å². The number of aliphatic hydroxyl groups is 1. The Morgan fingerprint density at radius 3 is 2.11 bits per heavy atom. The molecule has 1 saturated heterocycles. The minimum absolute atomic E-state index is 0.0670. The van der Waals surface area contributed by atoms with Gasteiger partial charge in [0.2, 0.25) is 5.56 Å². The number of aliphatic carboxylic acids is 1. The molecule has 5 aromatic rings. The zero-order valence-electron chi connectivity index (χ0n) is 29.3. The molecule has 0 bridgehead atoms. The number of aliphatic hydroxyl groups excluding tert-OH is 1. The largest absolute Gasteiger partial charge is 0.506 e. The highest BCUT2D eigenvalue weighted by Gasteiger charge is 2.44. The lowest BCUT2D eigenvalue weighted by Gasteiger charge is -2.39. The van der Waals surface area contributed by atoms with Gasteiger partial charge in [0.15, 0.2) is 0 Å². The van der Waals surface area contributed by atoms with Crippen LogP contribution in [0.25, 0.3) is 10.9 Å². The van der Waals surface area contributed by atoms with Gasteiger partial charge in [0, 0.05) is 56.3 Å². The van der Waals surface area contributed by atoms with E-state index in [1.807, 2.05) is 66.7 Å². The van der Waals surface area contributed by atoms with Gasteiger partial charge in [0.25, 0.3) is 5.91 Å². The van der Waals surface area contributed by atoms with E-state index in [0.29, 0.717) is 49.0 Å². The van der Waals surface area contributed by atoms with Crippen molar-refractivity contribution in [2.24, 2.45) is 0 Å². The number of phenolic OH excluding ortho intramolecular Hbond substituents is 1. The van der Waals surface area contributed by atoms with Gasteiger partial charge in [-0.3, -0.25) is 19.3 Å². The van der Waals surface area contributed by atoms with Gasteiger partial charge in [0.1, 0.15) is 5.75 Å². The number of likely N-dealkylation sites (tertiary alicyclic amines) is 1. The molecule has 2 amide bonds. The van der Waals surface area contributed by atoms with E-state index in [2.05, 4.69) is 10.3 Å². The highest BCUT2D eigenvalue weighted by Crippen LogP contribution is 2.36. The lowest BCUT2D eigenvalue weighted by atomic mass is 9.73. The second-order valence-electron chi connectivity index (χ2n) is 13.3. The number of carboxylic acid groups (broad SMARTS) is 1. The molecule has 6 rings (SSSR count). The molecule has 4 aromatic carbocycles. The van der Waals surface area contributed by atoms with E-state index in [1.54, 1.807) is 34.1 Å². The zero-order chi connectivity index (χ0) is 37.5. The number of hydrogen-bond donors (Lipinski definition) is 5. The minimum atomic E-state index is -1.02. The summed E-state index contributed by atoms with van der Waals surface area (Å²) < 4.78 is 5.06. The molecule has 53 heavy (non-hydrogen) atoms. The van der Waals surface area contributed by atoms with Gasteiger partial charge in [-0.1, -0.05) is 72.8 Å². The van der Waals surface area contributed by atoms with E-state index in [0.717, 1.165) is 22.3 Å². The van der Waals surface area contributed by atoms with Crippen LogP contribution < -0.4 is 10.9 Å². The number of hydrogen-bond acceptors (Lipinski definition) is 8. The number of carbonyl (C=O) groups excluding carboxylic acids is 2. The van der Waals surface area contributed by atoms with Gasteiger partial charge in [-0.2, -0.15) is 0 Å². The molecule has 0 saturated carbocycles. The maximum absolute atomic E-state index is 13.4. The Hall–Kier alpha value is -5.98. The molecule has 1 fully saturated rings. The summed E-state index contributed by atoms with van der Waals surface area (Å²) in [4.78, 5) is 56.0. The number of fused-ring (bicyclic) bond motifs is 1. The van der Waals surface area contributed by atoms with Crippen LogP contribution in [0.5, 0.6) is 5.75 Å². The molecule has 2 heterocycles. The molecule has 274 valence electrons. The Balaban J connectivity index is 1.02. The number of nitrogens with zero attached hydrogens (tertiary/aromatic N) is 2. The van der Waals surface area contributed by atoms with Gasteiger partial charge < -0.3 is 35.3 Å². The summed E-state index contributed by atoms with van der Waals surface area (Å²) in [5.41, 5.74) is 3.40. The number of carboxylic acids is 1. The maximum atomic E-state index is 13.4. The fraction of sp³-hybridized carbons (Fsp3) is 0.268. The quantitative estimate of drug-likeness (QED) is 0.118. The first-order chi connectivity index (χ1) is 25.6. The number of methoxy groups -OCH3 is 1. The van der Waals surface area contributed by atoms with Crippen LogP contribution in [0.1, 0.15) is 57.1 Å². The second kappa shape index (κ2) is 16.1. The smallest absolute Gasteiger partial charge is 0.410 e. The maximum Gasteiger partial charge on any atom is 0.410 e. The predicted octanol–water partition coefficient (Wildman–Crippen LogP) is 5.08. The van der Waals surface area contributed by atoms with Gasteiger partial charge in [0.05, 0.1) is 24.1 Å². The van der Waals surface area contributed by atoms with E-state index in [1.165, 1.54) is 19.2 Å². The summed E-state index contributed by atoms with van der Waals surface area (Å²) in [5.74, 6) is -1.11. The molecule has 1 atom stereocenters. The van der Waals surface area contributed by atoms with Crippen LogP contribution in [0.3, 0.4) is 0 Å². The molecule has 0 spiro atoms. The Labute approximate surface area is 306 Å². The third kappa shape index (κ3) is 8.24. The zero-order valence-corrected chi connectivity index (χ0v) is 29.3. The van der Waals surface area contributed by atoms with Crippen molar-refractivity contribution in [2.45, 2.75) is 44.0 Å². The summed E-state index contributed by atoms with van der Waals surface area (Å²) in [7, 11) is 1.33. The van der Waals surface area contributed by atoms with Gasteiger partial charge in [-0.05, 0) is 64.9 Å². The van der Waals surface area contributed by atoms with Crippen LogP contribution in [-0.2, 0) is 34.6 Å². The summed E-state index contributed by atoms with van der Waals surface area (Å²) in [6, 6.07) is 30.0. The normalized spacial score (nSPS) is 14.4. The average Bonchev–Trinajstić information content (AvgIpc) is 3.18. The Kier molecular flexibility index (Phi) is 11.2. The van der Waals surface area contributed by atoms with E-state index in [-0.39, 0.29) is 42.4 Å². The van der Waals surface area contributed by atoms with E-state index in [4.69, 9.17) is 4.74 Å². The fourth-order valence-corrected chi connectivity index (χ4v) is 6.94. The number of benzene rings is 4. The lowest BCUT2D eigenvalue weighted by Crippen LogP contribution is -2.49. The van der Waals surface area contributed by atoms with E-state index < -0.39 is 23.6 Å². The second-order valence-corrected chi connectivity index (χ2v) is 13.3. The summed E-state index contributed by atoms with van der Waals surface area (Å²) in [6.07, 6.45) is -0.722. The SMILES string of the molecule is COC(=O)N(Cc1ccc(CNCC(O)c2ccc(O)c3[nH]c(=O)ccc23)cc1)Cc1ccc(C(=O)N2CCC(C(=O)O)(c3ccccc3)CC2)cc1. The average molecular weight is 719 g/mol. The molecule has 0 radical (unpaired) electrons. The Morgan fingerprint density at radius 2 is 1.49 bits per heavy atom. The van der Waals surface area contributed by atoms with Crippen molar-refractivity contribution in [3.05, 3.63) is 147 Å². The molecule has 0 aliphatic carbocycles. The first-order valence-electron chi connectivity index (χ1n) is 17.4. The van der Waals surface area contributed by atoms with Crippen molar-refractivity contribution in [3.63, 3.8) is 0 Å². The monoisotopic (exact) mass is 718 g/mol. The molecule has 1 aliphatic rings. The van der Waals surface area contributed by atoms with Crippen LogP contribution in [0.2, 0.25) is 0 Å². The molecule has 1 aliphatic heterocycles. The number of aromatic amines is 1. The molecule has 12 heteroatoms. The standard InChI is InChI=1S/C41H42N4O8/c1-53-40(52)45(25-28-9-7-27(8-10-28)23-42-24-35(47)32-15-17-34(46)37-33(32)16-18-36(48)43-37)26-29-11-13-30(14-12-29)38(49)44-21-19-41(20-22-44,39(50)51)31-5-3-2-4-6-31/h2-18,35,42,46-47H,19-26H2,1H3,(H,43,48)(H,50,51). The molecular weight excluding hydrogens is 676 g/mol. The molecular formula is C41H42N4O8. The van der Waals surface area contributed by atoms with Crippen LogP contribution >= 0.6 is 0 Å². The van der Waals surface area contributed by atoms with Crippen molar-refractivity contribution in [3.8, 4) is 5.75 Å². The first kappa shape index (κ1) is 36.8. The van der Waals surface area contributed by atoms with Crippen molar-refractivity contribution < 1.29 is 34.4 Å². The number of pyridine rings is 1. The van der Waals surface area contributed by atoms with Gasteiger partial charge >= 0.3 is 12.1 Å². The number of nitrogens with one attached hydrogen (secondary N) is 2. The molecule has 12 nitrogen and oxygen atoms in total. The van der Waals surface area contributed by atoms with Crippen LogP contribution in [0, 0.1) is 0 Å². The highest BCUT2D eigenvalue weighted by atomic mass is 16.5. The number of phenols is 1. The number of carbonyl (C=O) groups is 3. The molecule has 5 N–H and O–H groups in total. The number of rotatable bonds is 12. The summed E-state index contributed by atoms with van der Waals surface area (Å²) in [5, 5.41) is 34.9. The number of aromatic nitrogens is 1. The number of ether oxygens (including phenoxy) is 1. The number of H-pyrrole nitrogens is 1. The third-order valence-corrected chi connectivity index (χ3v) is 9.98. The van der Waals surface area contributed by atoms with Gasteiger partial charge in [-0.15, -0.1) is 0 Å². The first-order valence-corrected chi connectivity index (χ1v) is 17.4. The van der Waals surface area contributed by atoms with Crippen LogP contribution in [0.4, 0.5) is 4.79 Å². The lowest BCUT2D eigenvalue weighted by molar-refractivity contribution is -0.145. The Bertz CT molecular complexity index is 2130. The number of piperidine rings is 1. The number of amides is 2. The molecule has 1 aromatic heterocycles. The summed E-state index contributed by atoms with van der Waals surface area (Å²) >= 11 is 0. The topological polar surface area (TPSA) is 172 Å². The fourth-order valence-electron chi connectivity index (χ4n) is 6.94. The highest BCUT2D eigenvalue weighted by molar-refractivity contribution is 5.94. The third-order valence-electron chi connectivity index (χ3n) is 9.98. The van der Waals surface area contributed by atoms with Crippen LogP contribution in [-0.4, -0.2) is 74.8 Å². The summed E-state index contributed by atoms with van der Waals surface area (Å²) in [6.45, 7) is 1.91. The molecule has 1 unspecified atom stereocenters. The van der Waals surface area contributed by atoms with Crippen LogP contribution in [0.15, 0.2) is 108 Å². The van der Waals surface area contributed by atoms with E-state index >= 15 is 0 Å². The van der Waals surface area contributed by atoms with Crippen molar-refractivity contribution in [1.82, 2.24) is 20.1 Å². The predicted molar refractivity (Wildman–Crippen MR) is 198 cm³/mol. The number of aromatic hydroxyl groups is 1. The minimum Gasteiger partial charge on any atom is -0.506 e. The van der Waals surface area contributed by atoms with E-state index in [9.17, 15) is 34.5 Å². The van der Waals surface area contributed by atoms with Crippen molar-refractivity contribution in [1.29, 1.82) is 0 Å². The van der Waals surface area contributed by atoms with Gasteiger partial charge in [-0.25, -0.2) is 4.79 Å². The Morgan fingerprint density at radius 1 is 0.868 bits per heavy atom.